The Morgan fingerprint density at radius 3 is 2.10 bits per heavy atom. The van der Waals surface area contributed by atoms with Crippen molar-refractivity contribution in [1.82, 2.24) is 5.32 Å². The summed E-state index contributed by atoms with van der Waals surface area (Å²) in [5.74, 6) is 1.92. The maximum atomic E-state index is 12.4. The van der Waals surface area contributed by atoms with E-state index in [9.17, 15) is 10.1 Å². The molecule has 0 aliphatic rings. The van der Waals surface area contributed by atoms with Gasteiger partial charge in [0.05, 0.1) is 28.4 Å². The number of ether oxygens (including phenoxy) is 4. The van der Waals surface area contributed by atoms with Crippen LogP contribution in [0.1, 0.15) is 11.1 Å². The zero-order chi connectivity index (χ0) is 21.2. The molecule has 1 amide bonds. The normalized spacial score (nSPS) is 10.7. The molecule has 1 N–H and O–H groups in total. The van der Waals surface area contributed by atoms with Gasteiger partial charge in [0.25, 0.3) is 5.91 Å². The molecule has 0 spiro atoms. The van der Waals surface area contributed by atoms with E-state index >= 15 is 0 Å². The molecule has 0 saturated heterocycles. The molecule has 0 aliphatic carbocycles. The van der Waals surface area contributed by atoms with Crippen LogP contribution in [-0.2, 0) is 11.2 Å². The molecule has 7 nitrogen and oxygen atoms in total. The molecule has 29 heavy (non-hydrogen) atoms. The number of benzene rings is 2. The molecule has 2 aromatic carbocycles. The van der Waals surface area contributed by atoms with E-state index in [0.717, 1.165) is 5.56 Å². The van der Waals surface area contributed by atoms with E-state index in [-0.39, 0.29) is 5.57 Å². The smallest absolute Gasteiger partial charge is 0.261 e. The summed E-state index contributed by atoms with van der Waals surface area (Å²) >= 11 is 0. The number of carbonyl (C=O) groups excluding carboxylic acids is 1. The molecule has 0 aromatic heterocycles. The van der Waals surface area contributed by atoms with Crippen molar-refractivity contribution in [2.45, 2.75) is 6.42 Å². The molecule has 0 fully saturated rings. The summed E-state index contributed by atoms with van der Waals surface area (Å²) in [7, 11) is 6.21. The average Bonchev–Trinajstić information content (AvgIpc) is 2.76. The van der Waals surface area contributed by atoms with Gasteiger partial charge in [-0.15, -0.1) is 0 Å². The molecule has 152 valence electrons. The third-order valence-electron chi connectivity index (χ3n) is 4.23. The number of amides is 1. The second-order valence-corrected chi connectivity index (χ2v) is 5.98. The lowest BCUT2D eigenvalue weighted by Crippen LogP contribution is -2.26. The maximum absolute atomic E-state index is 12.4. The Balaban J connectivity index is 2.03. The first kappa shape index (κ1) is 21.6. The highest BCUT2D eigenvalue weighted by atomic mass is 16.5. The predicted octanol–water partition coefficient (Wildman–Crippen LogP) is 2.99. The lowest BCUT2D eigenvalue weighted by Gasteiger charge is -2.10. The molecule has 2 aromatic rings. The van der Waals surface area contributed by atoms with Crippen LogP contribution in [0.4, 0.5) is 0 Å². The van der Waals surface area contributed by atoms with Crippen molar-refractivity contribution in [1.29, 1.82) is 5.26 Å². The van der Waals surface area contributed by atoms with Gasteiger partial charge >= 0.3 is 0 Å². The zero-order valence-corrected chi connectivity index (χ0v) is 16.9. The molecule has 0 heterocycles. The molecular formula is C22H24N2O5. The summed E-state index contributed by atoms with van der Waals surface area (Å²) in [6.07, 6.45) is 2.09. The Bertz CT molecular complexity index is 931. The predicted molar refractivity (Wildman–Crippen MR) is 109 cm³/mol. The van der Waals surface area contributed by atoms with Crippen LogP contribution in [0.25, 0.3) is 6.08 Å². The lowest BCUT2D eigenvalue weighted by molar-refractivity contribution is -0.117. The van der Waals surface area contributed by atoms with Gasteiger partial charge in [-0.1, -0.05) is 12.1 Å². The van der Waals surface area contributed by atoms with Crippen LogP contribution >= 0.6 is 0 Å². The van der Waals surface area contributed by atoms with Crippen molar-refractivity contribution in [2.24, 2.45) is 0 Å². The van der Waals surface area contributed by atoms with Crippen LogP contribution in [0.3, 0.4) is 0 Å². The van der Waals surface area contributed by atoms with Crippen molar-refractivity contribution in [3.05, 3.63) is 53.1 Å². The molecule has 2 rings (SSSR count). The second-order valence-electron chi connectivity index (χ2n) is 5.98. The van der Waals surface area contributed by atoms with Crippen LogP contribution in [0, 0.1) is 11.3 Å². The number of carbonyl (C=O) groups is 1. The Labute approximate surface area is 170 Å². The number of hydrogen-bond donors (Lipinski definition) is 1. The second kappa shape index (κ2) is 10.6. The van der Waals surface area contributed by atoms with Gasteiger partial charge in [0.2, 0.25) is 0 Å². The van der Waals surface area contributed by atoms with Crippen LogP contribution in [-0.4, -0.2) is 40.9 Å². The van der Waals surface area contributed by atoms with Crippen LogP contribution in [0.2, 0.25) is 0 Å². The maximum Gasteiger partial charge on any atom is 0.261 e. The van der Waals surface area contributed by atoms with Crippen LogP contribution in [0.15, 0.2) is 42.0 Å². The Kier molecular flexibility index (Phi) is 7.92. The number of methoxy groups -OCH3 is 4. The number of hydrogen-bond acceptors (Lipinski definition) is 6. The first-order chi connectivity index (χ1) is 14.1. The summed E-state index contributed by atoms with van der Waals surface area (Å²) in [4.78, 5) is 12.4. The fourth-order valence-electron chi connectivity index (χ4n) is 2.71. The van der Waals surface area contributed by atoms with E-state index in [0.29, 0.717) is 41.5 Å². The van der Waals surface area contributed by atoms with Crippen molar-refractivity contribution >= 4 is 12.0 Å². The fraction of sp³-hybridized carbons (Fsp3) is 0.273. The van der Waals surface area contributed by atoms with Crippen LogP contribution < -0.4 is 24.3 Å². The summed E-state index contributed by atoms with van der Waals surface area (Å²) in [6, 6.07) is 12.7. The van der Waals surface area contributed by atoms with Crippen molar-refractivity contribution in [3.8, 4) is 29.1 Å². The summed E-state index contributed by atoms with van der Waals surface area (Å²) in [6.45, 7) is 0.374. The molecule has 0 bridgehead atoms. The largest absolute Gasteiger partial charge is 0.493 e. The molecule has 7 heteroatoms. The Morgan fingerprint density at radius 1 is 0.931 bits per heavy atom. The minimum Gasteiger partial charge on any atom is -0.493 e. The van der Waals surface area contributed by atoms with Gasteiger partial charge in [0.1, 0.15) is 11.6 Å². The number of nitrogens with one attached hydrogen (secondary N) is 1. The zero-order valence-electron chi connectivity index (χ0n) is 16.9. The van der Waals surface area contributed by atoms with Crippen molar-refractivity contribution in [3.63, 3.8) is 0 Å². The van der Waals surface area contributed by atoms with Gasteiger partial charge in [-0.3, -0.25) is 4.79 Å². The molecule has 0 radical (unpaired) electrons. The van der Waals surface area contributed by atoms with Gasteiger partial charge in [-0.2, -0.15) is 5.26 Å². The quantitative estimate of drug-likeness (QED) is 0.518. The molecule has 0 unspecified atom stereocenters. The van der Waals surface area contributed by atoms with Gasteiger partial charge in [-0.25, -0.2) is 0 Å². The van der Waals surface area contributed by atoms with Gasteiger partial charge in [-0.05, 0) is 47.9 Å². The SMILES string of the molecule is COc1ccc(C=C(C#N)C(=O)NCCc2ccc(OC)c(OC)c2)cc1OC. The van der Waals surface area contributed by atoms with E-state index < -0.39 is 5.91 Å². The number of nitriles is 1. The lowest BCUT2D eigenvalue weighted by atomic mass is 10.1. The average molecular weight is 396 g/mol. The van der Waals surface area contributed by atoms with E-state index in [4.69, 9.17) is 18.9 Å². The van der Waals surface area contributed by atoms with E-state index in [1.54, 1.807) is 39.5 Å². The molecule has 0 saturated carbocycles. The number of rotatable bonds is 9. The topological polar surface area (TPSA) is 89.8 Å². The summed E-state index contributed by atoms with van der Waals surface area (Å²) in [5.41, 5.74) is 1.64. The third-order valence-corrected chi connectivity index (χ3v) is 4.23. The highest BCUT2D eigenvalue weighted by molar-refractivity contribution is 6.01. The minimum atomic E-state index is -0.442. The van der Waals surface area contributed by atoms with Crippen LogP contribution in [0.5, 0.6) is 23.0 Å². The molecule has 0 atom stereocenters. The van der Waals surface area contributed by atoms with E-state index in [2.05, 4.69) is 5.32 Å². The third kappa shape index (κ3) is 5.66. The first-order valence-electron chi connectivity index (χ1n) is 8.89. The van der Waals surface area contributed by atoms with Gasteiger partial charge in [0.15, 0.2) is 23.0 Å². The molecular weight excluding hydrogens is 372 g/mol. The summed E-state index contributed by atoms with van der Waals surface area (Å²) < 4.78 is 20.9. The standard InChI is InChI=1S/C22H24N2O5/c1-26-18-7-5-15(12-20(18)28-3)9-10-24-22(25)17(14-23)11-16-6-8-19(27-2)21(13-16)29-4/h5-8,11-13H,9-10H2,1-4H3,(H,24,25). The van der Waals surface area contributed by atoms with Crippen molar-refractivity contribution < 1.29 is 23.7 Å². The molecule has 0 aliphatic heterocycles. The summed E-state index contributed by atoms with van der Waals surface area (Å²) in [5, 5.41) is 12.1. The van der Waals surface area contributed by atoms with Gasteiger partial charge < -0.3 is 24.3 Å². The first-order valence-corrected chi connectivity index (χ1v) is 8.89. The Morgan fingerprint density at radius 2 is 1.52 bits per heavy atom. The van der Waals surface area contributed by atoms with Gasteiger partial charge in [0, 0.05) is 6.54 Å². The Hall–Kier alpha value is -3.66. The highest BCUT2D eigenvalue weighted by Crippen LogP contribution is 2.29. The van der Waals surface area contributed by atoms with Crippen molar-refractivity contribution in [2.75, 3.05) is 35.0 Å². The van der Waals surface area contributed by atoms with E-state index in [1.807, 2.05) is 24.3 Å². The van der Waals surface area contributed by atoms with E-state index in [1.165, 1.54) is 13.2 Å². The number of nitrogens with zero attached hydrogens (tertiary/aromatic N) is 1. The fourth-order valence-corrected chi connectivity index (χ4v) is 2.71. The minimum absolute atomic E-state index is 0.00420. The monoisotopic (exact) mass is 396 g/mol. The highest BCUT2D eigenvalue weighted by Gasteiger charge is 2.11.